The number of nitrogens with zero attached hydrogens (tertiary/aromatic N) is 4. The van der Waals surface area contributed by atoms with Gasteiger partial charge in [-0.3, -0.25) is 4.57 Å². The zero-order valence-electron chi connectivity index (χ0n) is 15.9. The lowest BCUT2D eigenvalue weighted by Gasteiger charge is -2.28. The number of nitrogens with one attached hydrogen (secondary N) is 1. The predicted molar refractivity (Wildman–Crippen MR) is 114 cm³/mol. The van der Waals surface area contributed by atoms with Crippen LogP contribution in [0, 0.1) is 0 Å². The minimum absolute atomic E-state index is 0. The lowest BCUT2D eigenvalue weighted by molar-refractivity contribution is 0.139. The highest BCUT2D eigenvalue weighted by Crippen LogP contribution is 2.36. The third kappa shape index (κ3) is 4.10. The summed E-state index contributed by atoms with van der Waals surface area (Å²) in [5.41, 5.74) is 2.32. The van der Waals surface area contributed by atoms with Crippen molar-refractivity contribution >= 4 is 24.0 Å². The van der Waals surface area contributed by atoms with Gasteiger partial charge in [0.2, 0.25) is 5.88 Å². The molecule has 0 spiro atoms. The highest BCUT2D eigenvalue weighted by atomic mass is 35.5. The molecule has 1 aromatic carbocycles. The van der Waals surface area contributed by atoms with Crippen molar-refractivity contribution < 1.29 is 4.74 Å². The summed E-state index contributed by atoms with van der Waals surface area (Å²) >= 11 is 6.21. The fourth-order valence-corrected chi connectivity index (χ4v) is 4.42. The van der Waals surface area contributed by atoms with Gasteiger partial charge in [0.05, 0.1) is 12.2 Å². The minimum atomic E-state index is 0. The maximum Gasteiger partial charge on any atom is 0.213 e. The topological polar surface area (TPSA) is 64.9 Å². The average molecular weight is 432 g/mol. The van der Waals surface area contributed by atoms with E-state index in [1.807, 2.05) is 30.3 Å². The lowest BCUT2D eigenvalue weighted by Crippen LogP contribution is -2.25. The largest absolute Gasteiger partial charge is 0.474 e. The normalized spacial score (nSPS) is 20.7. The maximum absolute atomic E-state index is 6.21. The molecule has 6 nitrogen and oxygen atoms in total. The van der Waals surface area contributed by atoms with E-state index in [9.17, 15) is 0 Å². The molecule has 0 radical (unpaired) electrons. The molecule has 0 unspecified atom stereocenters. The summed E-state index contributed by atoms with van der Waals surface area (Å²) in [6, 6.07) is 11.8. The molecule has 0 amide bonds. The number of hydrogen-bond acceptors (Lipinski definition) is 5. The second-order valence-corrected chi connectivity index (χ2v) is 7.88. The van der Waals surface area contributed by atoms with Gasteiger partial charge in [0.1, 0.15) is 11.9 Å². The van der Waals surface area contributed by atoms with Crippen molar-refractivity contribution in [1.82, 2.24) is 25.1 Å². The zero-order chi connectivity index (χ0) is 18.9. The van der Waals surface area contributed by atoms with Crippen LogP contribution in [0.25, 0.3) is 5.69 Å². The molecule has 2 aromatic heterocycles. The van der Waals surface area contributed by atoms with Crippen molar-refractivity contribution in [2.45, 2.75) is 50.8 Å². The standard InChI is InChI=1S/C21H22ClN5O.ClH/c22-16-6-9-18-15(11-16)12-23-13-19-25-26-21(27(18)19)14-4-7-17(8-5-14)28-20-3-1-2-10-24-20;/h1-3,6,9-11,14,17,23H,4-5,7-8,12-13H2;1H. The number of pyridine rings is 1. The molecule has 0 atom stereocenters. The van der Waals surface area contributed by atoms with Gasteiger partial charge in [0.15, 0.2) is 5.82 Å². The van der Waals surface area contributed by atoms with Crippen molar-refractivity contribution in [3.05, 3.63) is 64.8 Å². The van der Waals surface area contributed by atoms with E-state index >= 15 is 0 Å². The second kappa shape index (κ2) is 8.69. The van der Waals surface area contributed by atoms with Gasteiger partial charge in [0, 0.05) is 29.7 Å². The van der Waals surface area contributed by atoms with Crippen LogP contribution >= 0.6 is 24.0 Å². The molecule has 8 heteroatoms. The van der Waals surface area contributed by atoms with E-state index in [1.165, 1.54) is 5.56 Å². The summed E-state index contributed by atoms with van der Waals surface area (Å²) in [4.78, 5) is 4.28. The van der Waals surface area contributed by atoms with Crippen LogP contribution in [-0.2, 0) is 13.1 Å². The average Bonchev–Trinajstić information content (AvgIpc) is 3.05. The molecule has 1 aliphatic carbocycles. The zero-order valence-corrected chi connectivity index (χ0v) is 17.5. The first kappa shape index (κ1) is 20.1. The Morgan fingerprint density at radius 1 is 1.03 bits per heavy atom. The monoisotopic (exact) mass is 431 g/mol. The second-order valence-electron chi connectivity index (χ2n) is 7.45. The Labute approximate surface area is 181 Å². The van der Waals surface area contributed by atoms with Crippen LogP contribution in [0.15, 0.2) is 42.6 Å². The quantitative estimate of drug-likeness (QED) is 0.663. The van der Waals surface area contributed by atoms with Gasteiger partial charge in [-0.1, -0.05) is 17.7 Å². The van der Waals surface area contributed by atoms with Crippen molar-refractivity contribution in [1.29, 1.82) is 0 Å². The maximum atomic E-state index is 6.21. The number of ether oxygens (including phenoxy) is 1. The lowest BCUT2D eigenvalue weighted by atomic mass is 9.86. The van der Waals surface area contributed by atoms with Crippen LogP contribution < -0.4 is 10.1 Å². The summed E-state index contributed by atoms with van der Waals surface area (Å²) in [5.74, 6) is 3.10. The smallest absolute Gasteiger partial charge is 0.213 e. The fourth-order valence-electron chi connectivity index (χ4n) is 4.22. The van der Waals surface area contributed by atoms with Gasteiger partial charge in [-0.25, -0.2) is 4.98 Å². The number of benzene rings is 1. The first-order valence-electron chi connectivity index (χ1n) is 9.79. The van der Waals surface area contributed by atoms with E-state index in [1.54, 1.807) is 6.20 Å². The Morgan fingerprint density at radius 3 is 2.69 bits per heavy atom. The SMILES string of the molecule is Cl.Clc1ccc2c(c1)CNCc1nnc(C3CCC(Oc4ccccn4)CC3)n1-2. The number of fused-ring (bicyclic) bond motifs is 3. The van der Waals surface area contributed by atoms with Gasteiger partial charge in [0.25, 0.3) is 0 Å². The third-order valence-corrected chi connectivity index (χ3v) is 5.84. The molecule has 29 heavy (non-hydrogen) atoms. The highest BCUT2D eigenvalue weighted by molar-refractivity contribution is 6.30. The molecule has 152 valence electrons. The van der Waals surface area contributed by atoms with Crippen molar-refractivity contribution in [2.75, 3.05) is 0 Å². The van der Waals surface area contributed by atoms with E-state index in [0.717, 1.165) is 54.6 Å². The van der Waals surface area contributed by atoms with E-state index in [4.69, 9.17) is 16.3 Å². The fraction of sp³-hybridized carbons (Fsp3) is 0.381. The van der Waals surface area contributed by atoms with Crippen LogP contribution in [0.2, 0.25) is 5.02 Å². The van der Waals surface area contributed by atoms with E-state index in [2.05, 4.69) is 31.1 Å². The molecule has 3 aromatic rings. The summed E-state index contributed by atoms with van der Waals surface area (Å²) in [6.07, 6.45) is 6.04. The van der Waals surface area contributed by atoms with E-state index in [-0.39, 0.29) is 18.5 Å². The molecule has 0 bridgehead atoms. The van der Waals surface area contributed by atoms with Crippen LogP contribution in [-0.4, -0.2) is 25.9 Å². The summed E-state index contributed by atoms with van der Waals surface area (Å²) in [5, 5.41) is 13.2. The van der Waals surface area contributed by atoms with Crippen LogP contribution in [0.1, 0.15) is 48.8 Å². The number of aromatic nitrogens is 4. The first-order chi connectivity index (χ1) is 13.8. The molecule has 5 rings (SSSR count). The molecule has 0 saturated heterocycles. The number of hydrogen-bond donors (Lipinski definition) is 1. The van der Waals surface area contributed by atoms with E-state index in [0.29, 0.717) is 18.3 Å². The van der Waals surface area contributed by atoms with Gasteiger partial charge in [-0.15, -0.1) is 22.6 Å². The summed E-state index contributed by atoms with van der Waals surface area (Å²) in [7, 11) is 0. The number of rotatable bonds is 3. The highest BCUT2D eigenvalue weighted by Gasteiger charge is 2.30. The summed E-state index contributed by atoms with van der Waals surface area (Å²) < 4.78 is 8.28. The molecule has 1 saturated carbocycles. The van der Waals surface area contributed by atoms with Gasteiger partial charge < -0.3 is 10.1 Å². The molecule has 1 N–H and O–H groups in total. The Bertz CT molecular complexity index is 970. The molecule has 2 aliphatic rings. The Hall–Kier alpha value is -2.15. The third-order valence-electron chi connectivity index (χ3n) is 5.60. The van der Waals surface area contributed by atoms with Crippen molar-refractivity contribution in [2.24, 2.45) is 0 Å². The molecule has 1 fully saturated rings. The Kier molecular flexibility index (Phi) is 6.04. The van der Waals surface area contributed by atoms with E-state index < -0.39 is 0 Å². The predicted octanol–water partition coefficient (Wildman–Crippen LogP) is 4.45. The van der Waals surface area contributed by atoms with Crippen molar-refractivity contribution in [3.8, 4) is 11.6 Å². The molecular weight excluding hydrogens is 409 g/mol. The molecule has 1 aliphatic heterocycles. The van der Waals surface area contributed by atoms with Gasteiger partial charge in [-0.2, -0.15) is 0 Å². The molecular formula is C21H23Cl2N5O. The Balaban J connectivity index is 0.00000205. The minimum Gasteiger partial charge on any atom is -0.474 e. The number of halogens is 2. The summed E-state index contributed by atoms with van der Waals surface area (Å²) in [6.45, 7) is 1.49. The first-order valence-corrected chi connectivity index (χ1v) is 10.2. The van der Waals surface area contributed by atoms with Gasteiger partial charge >= 0.3 is 0 Å². The van der Waals surface area contributed by atoms with Crippen LogP contribution in [0.5, 0.6) is 5.88 Å². The van der Waals surface area contributed by atoms with Crippen LogP contribution in [0.3, 0.4) is 0 Å². The molecule has 3 heterocycles. The Morgan fingerprint density at radius 2 is 1.90 bits per heavy atom. The van der Waals surface area contributed by atoms with Crippen molar-refractivity contribution in [3.63, 3.8) is 0 Å². The van der Waals surface area contributed by atoms with Crippen LogP contribution in [0.4, 0.5) is 0 Å². The van der Waals surface area contributed by atoms with Gasteiger partial charge in [-0.05, 0) is 55.5 Å².